The average Bonchev–Trinajstić information content (AvgIpc) is 2.27. The highest BCUT2D eigenvalue weighted by molar-refractivity contribution is 5.95. The summed E-state index contributed by atoms with van der Waals surface area (Å²) >= 11 is 0. The number of aryl methyl sites for hydroxylation is 1. The second-order valence-corrected chi connectivity index (χ2v) is 5.23. The van der Waals surface area contributed by atoms with Crippen molar-refractivity contribution in [2.75, 3.05) is 19.8 Å². The zero-order valence-corrected chi connectivity index (χ0v) is 10.7. The molecule has 0 atom stereocenters. The molecule has 0 saturated carbocycles. The standard InChI is InChI=1S/C14H19NO2/c1-10-5-4-6-12(11(10)2)13(16)15-7-14(3)8-17-9-14/h4-6H,7-9H2,1-3H3,(H,15,16). The molecule has 17 heavy (non-hydrogen) atoms. The van der Waals surface area contributed by atoms with Gasteiger partial charge in [-0.1, -0.05) is 19.1 Å². The fourth-order valence-electron chi connectivity index (χ4n) is 1.94. The molecule has 0 bridgehead atoms. The molecule has 1 aliphatic heterocycles. The molecule has 0 unspecified atom stereocenters. The number of hydrogen-bond donors (Lipinski definition) is 1. The molecule has 1 N–H and O–H groups in total. The van der Waals surface area contributed by atoms with E-state index >= 15 is 0 Å². The minimum atomic E-state index is 0.0133. The van der Waals surface area contributed by atoms with Gasteiger partial charge in [-0.05, 0) is 31.0 Å². The number of nitrogens with one attached hydrogen (secondary N) is 1. The van der Waals surface area contributed by atoms with Crippen LogP contribution in [0.4, 0.5) is 0 Å². The quantitative estimate of drug-likeness (QED) is 0.868. The van der Waals surface area contributed by atoms with Crippen molar-refractivity contribution in [2.45, 2.75) is 20.8 Å². The van der Waals surface area contributed by atoms with E-state index in [1.807, 2.05) is 32.0 Å². The number of carbonyl (C=O) groups excluding carboxylic acids is 1. The van der Waals surface area contributed by atoms with Gasteiger partial charge >= 0.3 is 0 Å². The van der Waals surface area contributed by atoms with Crippen molar-refractivity contribution in [3.8, 4) is 0 Å². The van der Waals surface area contributed by atoms with Crippen molar-refractivity contribution >= 4 is 5.91 Å². The Labute approximate surface area is 102 Å². The van der Waals surface area contributed by atoms with Gasteiger partial charge in [-0.2, -0.15) is 0 Å². The van der Waals surface area contributed by atoms with Crippen LogP contribution in [0.25, 0.3) is 0 Å². The van der Waals surface area contributed by atoms with Gasteiger partial charge in [-0.3, -0.25) is 4.79 Å². The summed E-state index contributed by atoms with van der Waals surface area (Å²) in [6.45, 7) is 8.28. The summed E-state index contributed by atoms with van der Waals surface area (Å²) in [5, 5.41) is 2.99. The number of ether oxygens (including phenoxy) is 1. The first kappa shape index (κ1) is 12.1. The van der Waals surface area contributed by atoms with Gasteiger partial charge in [-0.25, -0.2) is 0 Å². The molecule has 1 saturated heterocycles. The second kappa shape index (κ2) is 4.49. The molecule has 0 aromatic heterocycles. The Morgan fingerprint density at radius 3 is 2.71 bits per heavy atom. The fraction of sp³-hybridized carbons (Fsp3) is 0.500. The van der Waals surface area contributed by atoms with Gasteiger partial charge in [0.1, 0.15) is 0 Å². The maximum absolute atomic E-state index is 12.1. The van der Waals surface area contributed by atoms with E-state index in [4.69, 9.17) is 4.74 Å². The normalized spacial score (nSPS) is 17.4. The van der Waals surface area contributed by atoms with Crippen LogP contribution in [-0.2, 0) is 4.74 Å². The first-order chi connectivity index (χ1) is 8.02. The minimum Gasteiger partial charge on any atom is -0.380 e. The Morgan fingerprint density at radius 1 is 1.41 bits per heavy atom. The zero-order chi connectivity index (χ0) is 12.5. The second-order valence-electron chi connectivity index (χ2n) is 5.23. The van der Waals surface area contributed by atoms with E-state index in [0.717, 1.165) is 29.9 Å². The van der Waals surface area contributed by atoms with Crippen molar-refractivity contribution in [3.05, 3.63) is 34.9 Å². The summed E-state index contributed by atoms with van der Waals surface area (Å²) < 4.78 is 5.17. The Hall–Kier alpha value is -1.35. The molecule has 2 rings (SSSR count). The lowest BCUT2D eigenvalue weighted by atomic mass is 9.88. The predicted molar refractivity (Wildman–Crippen MR) is 67.2 cm³/mol. The highest BCUT2D eigenvalue weighted by Crippen LogP contribution is 2.25. The summed E-state index contributed by atoms with van der Waals surface area (Å²) in [4.78, 5) is 12.1. The third-order valence-electron chi connectivity index (χ3n) is 3.43. The van der Waals surface area contributed by atoms with E-state index in [-0.39, 0.29) is 11.3 Å². The maximum atomic E-state index is 12.1. The van der Waals surface area contributed by atoms with Gasteiger partial charge in [-0.15, -0.1) is 0 Å². The molecular formula is C14H19NO2. The van der Waals surface area contributed by atoms with Crippen LogP contribution in [0.1, 0.15) is 28.4 Å². The van der Waals surface area contributed by atoms with Crippen molar-refractivity contribution in [3.63, 3.8) is 0 Å². The van der Waals surface area contributed by atoms with Gasteiger partial charge < -0.3 is 10.1 Å². The van der Waals surface area contributed by atoms with Gasteiger partial charge in [0, 0.05) is 17.5 Å². The Balaban J connectivity index is 2.02. The Bertz CT molecular complexity index is 436. The van der Waals surface area contributed by atoms with E-state index in [0.29, 0.717) is 6.54 Å². The average molecular weight is 233 g/mol. The van der Waals surface area contributed by atoms with Crippen LogP contribution in [-0.4, -0.2) is 25.7 Å². The molecule has 1 aliphatic rings. The molecule has 92 valence electrons. The van der Waals surface area contributed by atoms with E-state index in [1.165, 1.54) is 0 Å². The monoisotopic (exact) mass is 233 g/mol. The number of hydrogen-bond acceptors (Lipinski definition) is 2. The van der Waals surface area contributed by atoms with Crippen LogP contribution >= 0.6 is 0 Å². The minimum absolute atomic E-state index is 0.0133. The predicted octanol–water partition coefficient (Wildman–Crippen LogP) is 2.07. The van der Waals surface area contributed by atoms with Gasteiger partial charge in [0.05, 0.1) is 13.2 Å². The fourth-order valence-corrected chi connectivity index (χ4v) is 1.94. The molecule has 0 radical (unpaired) electrons. The molecule has 1 amide bonds. The third kappa shape index (κ3) is 2.50. The number of benzene rings is 1. The molecule has 1 fully saturated rings. The SMILES string of the molecule is Cc1cccc(C(=O)NCC2(C)COC2)c1C. The van der Waals surface area contributed by atoms with E-state index in [9.17, 15) is 4.79 Å². The number of amides is 1. The van der Waals surface area contributed by atoms with Crippen LogP contribution in [0.15, 0.2) is 18.2 Å². The lowest BCUT2D eigenvalue weighted by Crippen LogP contribution is -2.48. The topological polar surface area (TPSA) is 38.3 Å². The summed E-state index contributed by atoms with van der Waals surface area (Å²) in [6, 6.07) is 5.82. The van der Waals surface area contributed by atoms with Crippen molar-refractivity contribution < 1.29 is 9.53 Å². The van der Waals surface area contributed by atoms with Crippen LogP contribution in [0, 0.1) is 19.3 Å². The van der Waals surface area contributed by atoms with Crippen LogP contribution in [0.2, 0.25) is 0 Å². The number of rotatable bonds is 3. The first-order valence-electron chi connectivity index (χ1n) is 5.94. The molecule has 1 aromatic carbocycles. The van der Waals surface area contributed by atoms with Crippen molar-refractivity contribution in [1.29, 1.82) is 0 Å². The molecular weight excluding hydrogens is 214 g/mol. The highest BCUT2D eigenvalue weighted by Gasteiger charge is 2.33. The third-order valence-corrected chi connectivity index (χ3v) is 3.43. The largest absolute Gasteiger partial charge is 0.380 e. The van der Waals surface area contributed by atoms with Crippen molar-refractivity contribution in [2.24, 2.45) is 5.41 Å². The first-order valence-corrected chi connectivity index (χ1v) is 5.94. The number of carbonyl (C=O) groups is 1. The van der Waals surface area contributed by atoms with Gasteiger partial charge in [0.2, 0.25) is 0 Å². The molecule has 3 nitrogen and oxygen atoms in total. The van der Waals surface area contributed by atoms with E-state index in [2.05, 4.69) is 12.2 Å². The van der Waals surface area contributed by atoms with Crippen LogP contribution in [0.5, 0.6) is 0 Å². The Kier molecular flexibility index (Phi) is 3.20. The molecule has 3 heteroatoms. The highest BCUT2D eigenvalue weighted by atomic mass is 16.5. The molecule has 0 aliphatic carbocycles. The molecule has 1 aromatic rings. The lowest BCUT2D eigenvalue weighted by molar-refractivity contribution is -0.0978. The van der Waals surface area contributed by atoms with Crippen LogP contribution in [0.3, 0.4) is 0 Å². The smallest absolute Gasteiger partial charge is 0.251 e. The lowest BCUT2D eigenvalue weighted by Gasteiger charge is -2.38. The summed E-state index contributed by atoms with van der Waals surface area (Å²) in [5.41, 5.74) is 3.10. The molecule has 1 heterocycles. The zero-order valence-electron chi connectivity index (χ0n) is 10.7. The van der Waals surface area contributed by atoms with E-state index < -0.39 is 0 Å². The van der Waals surface area contributed by atoms with Gasteiger partial charge in [0.15, 0.2) is 0 Å². The van der Waals surface area contributed by atoms with E-state index in [1.54, 1.807) is 0 Å². The molecule has 0 spiro atoms. The maximum Gasteiger partial charge on any atom is 0.251 e. The van der Waals surface area contributed by atoms with Crippen LogP contribution < -0.4 is 5.32 Å². The summed E-state index contributed by atoms with van der Waals surface area (Å²) in [5.74, 6) is 0.0133. The van der Waals surface area contributed by atoms with Crippen molar-refractivity contribution in [1.82, 2.24) is 5.32 Å². The summed E-state index contributed by atoms with van der Waals surface area (Å²) in [7, 11) is 0. The van der Waals surface area contributed by atoms with Gasteiger partial charge in [0.25, 0.3) is 5.91 Å². The summed E-state index contributed by atoms with van der Waals surface area (Å²) in [6.07, 6.45) is 0. The Morgan fingerprint density at radius 2 is 2.12 bits per heavy atom.